The maximum absolute atomic E-state index is 12.6. The summed E-state index contributed by atoms with van der Waals surface area (Å²) in [6.45, 7) is 0.774. The highest BCUT2D eigenvalue weighted by atomic mass is 79.9. The average molecular weight is 527 g/mol. The van der Waals surface area contributed by atoms with E-state index in [9.17, 15) is 19.2 Å². The Morgan fingerprint density at radius 2 is 1.68 bits per heavy atom. The monoisotopic (exact) mass is 526 g/mol. The summed E-state index contributed by atoms with van der Waals surface area (Å²) in [6, 6.07) is 11.3. The number of hydrogen-bond acceptors (Lipinski definition) is 6. The molecular weight excluding hydrogens is 508 g/mol. The van der Waals surface area contributed by atoms with E-state index in [-0.39, 0.29) is 12.0 Å². The third kappa shape index (κ3) is 4.86. The SMILES string of the molecule is Cc1c(CC(=O)NCC(=O)NCC(=O)O)c(=O)oc2cc3occ(-c4ccc(Br)cc4)c3cc12. The Morgan fingerprint density at radius 3 is 2.38 bits per heavy atom. The Balaban J connectivity index is 1.62. The van der Waals surface area contributed by atoms with Crippen LogP contribution in [-0.4, -0.2) is 36.0 Å². The van der Waals surface area contributed by atoms with E-state index in [2.05, 4.69) is 26.6 Å². The minimum Gasteiger partial charge on any atom is -0.480 e. The molecule has 2 aromatic carbocycles. The van der Waals surface area contributed by atoms with Gasteiger partial charge in [0, 0.05) is 26.9 Å². The van der Waals surface area contributed by atoms with Gasteiger partial charge in [0.25, 0.3) is 0 Å². The number of hydrogen-bond donors (Lipinski definition) is 3. The van der Waals surface area contributed by atoms with E-state index in [1.807, 2.05) is 30.3 Å². The van der Waals surface area contributed by atoms with E-state index in [4.69, 9.17) is 13.9 Å². The highest BCUT2D eigenvalue weighted by molar-refractivity contribution is 9.10. The van der Waals surface area contributed by atoms with E-state index >= 15 is 0 Å². The van der Waals surface area contributed by atoms with Gasteiger partial charge in [0.05, 0.1) is 24.8 Å². The summed E-state index contributed by atoms with van der Waals surface area (Å²) < 4.78 is 12.1. The van der Waals surface area contributed by atoms with Gasteiger partial charge < -0.3 is 24.6 Å². The van der Waals surface area contributed by atoms with Gasteiger partial charge in [-0.2, -0.15) is 0 Å². The van der Waals surface area contributed by atoms with Gasteiger partial charge in [-0.15, -0.1) is 0 Å². The number of carboxylic acid groups (broad SMARTS) is 1. The second-order valence-corrected chi connectivity index (χ2v) is 8.53. The maximum atomic E-state index is 12.6. The quantitative estimate of drug-likeness (QED) is 0.314. The van der Waals surface area contributed by atoms with E-state index in [0.717, 1.165) is 21.0 Å². The first-order chi connectivity index (χ1) is 16.2. The van der Waals surface area contributed by atoms with E-state index < -0.39 is 36.5 Å². The number of benzene rings is 2. The van der Waals surface area contributed by atoms with Crippen LogP contribution in [-0.2, 0) is 20.8 Å². The van der Waals surface area contributed by atoms with Crippen LogP contribution in [0.3, 0.4) is 0 Å². The van der Waals surface area contributed by atoms with Crippen molar-refractivity contribution in [1.82, 2.24) is 10.6 Å². The number of carbonyl (C=O) groups is 3. The molecule has 0 aliphatic rings. The Labute approximate surface area is 200 Å². The zero-order valence-corrected chi connectivity index (χ0v) is 19.5. The number of rotatable bonds is 7. The predicted molar refractivity (Wildman–Crippen MR) is 127 cm³/mol. The molecular formula is C24H19BrN2O7. The first-order valence-corrected chi connectivity index (χ1v) is 11.0. The number of fused-ring (bicyclic) bond motifs is 2. The van der Waals surface area contributed by atoms with Crippen LogP contribution in [0.25, 0.3) is 33.1 Å². The molecule has 0 saturated heterocycles. The highest BCUT2D eigenvalue weighted by Gasteiger charge is 2.18. The maximum Gasteiger partial charge on any atom is 0.340 e. The number of aliphatic carboxylic acids is 1. The van der Waals surface area contributed by atoms with E-state index in [0.29, 0.717) is 22.1 Å². The molecule has 0 fully saturated rings. The summed E-state index contributed by atoms with van der Waals surface area (Å²) in [7, 11) is 0. The van der Waals surface area contributed by atoms with Gasteiger partial charge in [-0.3, -0.25) is 14.4 Å². The van der Waals surface area contributed by atoms with Gasteiger partial charge >= 0.3 is 11.6 Å². The zero-order chi connectivity index (χ0) is 24.4. The Morgan fingerprint density at radius 1 is 0.971 bits per heavy atom. The lowest BCUT2D eigenvalue weighted by molar-refractivity contribution is -0.137. The van der Waals surface area contributed by atoms with Crippen LogP contribution >= 0.6 is 15.9 Å². The second-order valence-electron chi connectivity index (χ2n) is 7.62. The second kappa shape index (κ2) is 9.52. The summed E-state index contributed by atoms with van der Waals surface area (Å²) in [5, 5.41) is 14.6. The lowest BCUT2D eigenvalue weighted by atomic mass is 9.99. The molecule has 0 radical (unpaired) electrons. The molecule has 0 spiro atoms. The number of furan rings is 1. The number of carboxylic acids is 1. The lowest BCUT2D eigenvalue weighted by Crippen LogP contribution is -2.39. The molecule has 2 heterocycles. The minimum absolute atomic E-state index is 0.170. The molecule has 0 bridgehead atoms. The van der Waals surface area contributed by atoms with Crippen LogP contribution in [0.5, 0.6) is 0 Å². The molecule has 4 rings (SSSR count). The van der Waals surface area contributed by atoms with Crippen molar-refractivity contribution in [3.05, 3.63) is 68.7 Å². The fourth-order valence-electron chi connectivity index (χ4n) is 3.61. The molecule has 2 amide bonds. The van der Waals surface area contributed by atoms with Crippen LogP contribution in [0.1, 0.15) is 11.1 Å². The number of halogens is 1. The van der Waals surface area contributed by atoms with Crippen LogP contribution in [0, 0.1) is 6.92 Å². The van der Waals surface area contributed by atoms with Crippen LogP contribution in [0.4, 0.5) is 0 Å². The largest absolute Gasteiger partial charge is 0.480 e. The van der Waals surface area contributed by atoms with Crippen molar-refractivity contribution in [2.45, 2.75) is 13.3 Å². The molecule has 9 nitrogen and oxygen atoms in total. The Hall–Kier alpha value is -3.92. The molecule has 3 N–H and O–H groups in total. The summed E-state index contributed by atoms with van der Waals surface area (Å²) in [5.41, 5.74) is 2.83. The summed E-state index contributed by atoms with van der Waals surface area (Å²) in [5.74, 6) is -2.42. The number of nitrogens with one attached hydrogen (secondary N) is 2. The Kier molecular flexibility index (Phi) is 6.51. The molecule has 4 aromatic rings. The summed E-state index contributed by atoms with van der Waals surface area (Å²) >= 11 is 3.42. The van der Waals surface area contributed by atoms with Crippen molar-refractivity contribution < 1.29 is 28.3 Å². The van der Waals surface area contributed by atoms with Gasteiger partial charge in [-0.25, -0.2) is 4.79 Å². The molecule has 34 heavy (non-hydrogen) atoms. The lowest BCUT2D eigenvalue weighted by Gasteiger charge is -2.09. The standard InChI is InChI=1S/C24H19BrN2O7/c1-12-15-6-17-18(13-2-4-14(25)5-3-13)11-33-19(17)8-20(15)34-24(32)16(12)7-21(28)26-9-22(29)27-10-23(30)31/h2-6,8,11H,7,9-10H2,1H3,(H,26,28)(H,27,29)(H,30,31). The smallest absolute Gasteiger partial charge is 0.340 e. The van der Waals surface area contributed by atoms with Crippen molar-refractivity contribution >= 4 is 55.7 Å². The van der Waals surface area contributed by atoms with Crippen LogP contribution in [0.15, 0.2) is 60.8 Å². The third-order valence-electron chi connectivity index (χ3n) is 5.36. The van der Waals surface area contributed by atoms with E-state index in [1.165, 1.54) is 0 Å². The van der Waals surface area contributed by atoms with Crippen LogP contribution < -0.4 is 16.3 Å². The molecule has 0 unspecified atom stereocenters. The zero-order valence-electron chi connectivity index (χ0n) is 17.9. The number of carbonyl (C=O) groups excluding carboxylic acids is 2. The topological polar surface area (TPSA) is 139 Å². The van der Waals surface area contributed by atoms with Crippen molar-refractivity contribution in [2.75, 3.05) is 13.1 Å². The van der Waals surface area contributed by atoms with E-state index in [1.54, 1.807) is 19.3 Å². The minimum atomic E-state index is -1.20. The first-order valence-electron chi connectivity index (χ1n) is 10.2. The van der Waals surface area contributed by atoms with Crippen molar-refractivity contribution in [1.29, 1.82) is 0 Å². The molecule has 0 aliphatic heterocycles. The fourth-order valence-corrected chi connectivity index (χ4v) is 3.87. The predicted octanol–water partition coefficient (Wildman–Crippen LogP) is 3.14. The molecule has 0 aliphatic carbocycles. The van der Waals surface area contributed by atoms with Gasteiger partial charge in [0.15, 0.2) is 0 Å². The van der Waals surface area contributed by atoms with Crippen molar-refractivity contribution in [3.63, 3.8) is 0 Å². The molecule has 2 aromatic heterocycles. The van der Waals surface area contributed by atoms with Crippen molar-refractivity contribution in [3.8, 4) is 11.1 Å². The summed E-state index contributed by atoms with van der Waals surface area (Å²) in [6.07, 6.45) is 1.35. The first kappa shape index (κ1) is 23.2. The van der Waals surface area contributed by atoms with Gasteiger partial charge in [0.2, 0.25) is 11.8 Å². The molecule has 0 atom stereocenters. The van der Waals surface area contributed by atoms with Gasteiger partial charge in [-0.1, -0.05) is 28.1 Å². The molecule has 174 valence electrons. The molecule has 0 saturated carbocycles. The number of aryl methyl sites for hydroxylation is 1. The van der Waals surface area contributed by atoms with Crippen LogP contribution in [0.2, 0.25) is 0 Å². The Bertz CT molecular complexity index is 1490. The van der Waals surface area contributed by atoms with Crippen molar-refractivity contribution in [2.24, 2.45) is 0 Å². The molecule has 10 heteroatoms. The third-order valence-corrected chi connectivity index (χ3v) is 5.89. The normalized spacial score (nSPS) is 11.0. The van der Waals surface area contributed by atoms with Gasteiger partial charge in [-0.05, 0) is 36.2 Å². The highest BCUT2D eigenvalue weighted by Crippen LogP contribution is 2.35. The average Bonchev–Trinajstić information content (AvgIpc) is 3.21. The summed E-state index contributed by atoms with van der Waals surface area (Å²) in [4.78, 5) is 47.0. The fraction of sp³-hybridized carbons (Fsp3) is 0.167. The van der Waals surface area contributed by atoms with Gasteiger partial charge in [0.1, 0.15) is 17.7 Å². The number of amides is 2.